The van der Waals surface area contributed by atoms with Gasteiger partial charge in [-0.15, -0.1) is 24.8 Å². The number of pyridine rings is 1. The summed E-state index contributed by atoms with van der Waals surface area (Å²) in [6.07, 6.45) is 1.80. The van der Waals surface area contributed by atoms with E-state index in [1.807, 2.05) is 48.5 Å². The number of fused-ring (bicyclic) bond motifs is 1. The zero-order chi connectivity index (χ0) is 20.8. The number of nitrogens with zero attached hydrogens (tertiary/aromatic N) is 1. The lowest BCUT2D eigenvalue weighted by Gasteiger charge is -2.19. The van der Waals surface area contributed by atoms with E-state index in [0.29, 0.717) is 44.4 Å². The molecule has 0 amide bonds. The van der Waals surface area contributed by atoms with Crippen molar-refractivity contribution in [2.75, 3.05) is 20.3 Å². The highest BCUT2D eigenvalue weighted by Gasteiger charge is 2.15. The second-order valence-corrected chi connectivity index (χ2v) is 7.65. The maximum atomic E-state index is 6.07. The minimum atomic E-state index is 0. The largest absolute Gasteiger partial charge is 0.493 e. The Morgan fingerprint density at radius 3 is 2.53 bits per heavy atom. The summed E-state index contributed by atoms with van der Waals surface area (Å²) in [5.41, 5.74) is 3.08. The Morgan fingerprint density at radius 2 is 1.78 bits per heavy atom. The quantitative estimate of drug-likeness (QED) is 0.414. The fourth-order valence-corrected chi connectivity index (χ4v) is 3.79. The molecule has 0 bridgehead atoms. The molecule has 0 aliphatic carbocycles. The summed E-state index contributed by atoms with van der Waals surface area (Å²) in [5.74, 6) is 2.87. The SMILES string of the molecule is COc1cc(CNCc2ccccn2)cc(Br)c1OCc1ccc2c(c1)OCCO2.Cl.Cl. The van der Waals surface area contributed by atoms with Crippen LogP contribution in [0.25, 0.3) is 0 Å². The molecule has 172 valence electrons. The number of halogens is 3. The lowest BCUT2D eigenvalue weighted by Crippen LogP contribution is -2.15. The molecule has 9 heteroatoms. The third-order valence-corrected chi connectivity index (χ3v) is 5.23. The van der Waals surface area contributed by atoms with Gasteiger partial charge in [-0.3, -0.25) is 4.98 Å². The first-order valence-corrected chi connectivity index (χ1v) is 10.5. The molecule has 0 atom stereocenters. The maximum Gasteiger partial charge on any atom is 0.175 e. The van der Waals surface area contributed by atoms with Gasteiger partial charge in [0.05, 0.1) is 17.3 Å². The Bertz CT molecular complexity index is 1010. The Morgan fingerprint density at radius 1 is 0.969 bits per heavy atom. The van der Waals surface area contributed by atoms with Crippen molar-refractivity contribution in [2.24, 2.45) is 0 Å². The summed E-state index contributed by atoms with van der Waals surface area (Å²) in [7, 11) is 1.64. The third kappa shape index (κ3) is 6.65. The highest BCUT2D eigenvalue weighted by atomic mass is 79.9. The minimum Gasteiger partial charge on any atom is -0.493 e. The van der Waals surface area contributed by atoms with E-state index in [1.54, 1.807) is 13.3 Å². The van der Waals surface area contributed by atoms with Gasteiger partial charge in [-0.05, 0) is 63.5 Å². The molecule has 1 aromatic heterocycles. The number of rotatable bonds is 8. The molecule has 1 N–H and O–H groups in total. The highest BCUT2D eigenvalue weighted by molar-refractivity contribution is 9.10. The van der Waals surface area contributed by atoms with E-state index in [-0.39, 0.29) is 24.8 Å². The number of ether oxygens (including phenoxy) is 4. The van der Waals surface area contributed by atoms with Crippen molar-refractivity contribution in [3.05, 3.63) is 76.0 Å². The zero-order valence-corrected chi connectivity index (χ0v) is 20.7. The number of hydrogen-bond donors (Lipinski definition) is 1. The number of hydrogen-bond acceptors (Lipinski definition) is 6. The first-order chi connectivity index (χ1) is 14.7. The van der Waals surface area contributed by atoms with Crippen LogP contribution in [0.3, 0.4) is 0 Å². The van der Waals surface area contributed by atoms with Crippen molar-refractivity contribution in [1.82, 2.24) is 10.3 Å². The Hall–Kier alpha value is -2.19. The van der Waals surface area contributed by atoms with Gasteiger partial charge in [0.2, 0.25) is 0 Å². The van der Waals surface area contributed by atoms with E-state index < -0.39 is 0 Å². The molecular weight excluding hydrogens is 519 g/mol. The summed E-state index contributed by atoms with van der Waals surface area (Å²) in [6.45, 7) is 2.92. The minimum absolute atomic E-state index is 0. The van der Waals surface area contributed by atoms with Gasteiger partial charge in [-0.2, -0.15) is 0 Å². The second kappa shape index (κ2) is 12.7. The summed E-state index contributed by atoms with van der Waals surface area (Å²) in [5, 5.41) is 3.40. The number of benzene rings is 2. The molecular formula is C23H25BrCl2N2O4. The summed E-state index contributed by atoms with van der Waals surface area (Å²) in [6, 6.07) is 15.7. The fourth-order valence-electron chi connectivity index (χ4n) is 3.19. The number of methoxy groups -OCH3 is 1. The van der Waals surface area contributed by atoms with Crippen LogP contribution in [0.5, 0.6) is 23.0 Å². The van der Waals surface area contributed by atoms with Crippen LogP contribution < -0.4 is 24.3 Å². The van der Waals surface area contributed by atoms with E-state index in [4.69, 9.17) is 18.9 Å². The maximum absolute atomic E-state index is 6.07. The lowest BCUT2D eigenvalue weighted by molar-refractivity contribution is 0.171. The van der Waals surface area contributed by atoms with E-state index in [1.165, 1.54) is 0 Å². The van der Waals surface area contributed by atoms with E-state index in [2.05, 4.69) is 26.2 Å². The summed E-state index contributed by atoms with van der Waals surface area (Å²) in [4.78, 5) is 4.32. The Balaban J connectivity index is 0.00000181. The zero-order valence-electron chi connectivity index (χ0n) is 17.5. The van der Waals surface area contributed by atoms with E-state index in [0.717, 1.165) is 32.8 Å². The van der Waals surface area contributed by atoms with Gasteiger partial charge in [0.1, 0.15) is 19.8 Å². The number of nitrogens with one attached hydrogen (secondary N) is 1. The standard InChI is InChI=1S/C23H23BrN2O4.2ClH/c1-27-22-12-17(13-25-14-18-4-2-3-7-26-18)10-19(24)23(22)30-15-16-5-6-20-21(11-16)29-9-8-28-20;;/h2-7,10-12,25H,8-9,13-15H2,1H3;2*1H. The van der Waals surface area contributed by atoms with Crippen LogP contribution >= 0.6 is 40.7 Å². The molecule has 32 heavy (non-hydrogen) atoms. The monoisotopic (exact) mass is 542 g/mol. The molecule has 0 fully saturated rings. The third-order valence-electron chi connectivity index (χ3n) is 4.64. The van der Waals surface area contributed by atoms with Gasteiger partial charge in [-0.25, -0.2) is 0 Å². The predicted octanol–water partition coefficient (Wildman–Crippen LogP) is 5.34. The van der Waals surface area contributed by atoms with Gasteiger partial charge in [0.25, 0.3) is 0 Å². The first kappa shape index (κ1) is 26.1. The average Bonchev–Trinajstić information content (AvgIpc) is 2.78. The Labute approximate surface area is 208 Å². The molecule has 0 unspecified atom stereocenters. The van der Waals surface area contributed by atoms with Gasteiger partial charge >= 0.3 is 0 Å². The predicted molar refractivity (Wildman–Crippen MR) is 132 cm³/mol. The molecule has 3 aromatic rings. The fraction of sp³-hybridized carbons (Fsp3) is 0.261. The van der Waals surface area contributed by atoms with Gasteiger partial charge in [0.15, 0.2) is 23.0 Å². The molecule has 0 saturated carbocycles. The first-order valence-electron chi connectivity index (χ1n) is 9.71. The molecule has 0 spiro atoms. The molecule has 1 aliphatic rings. The Kier molecular flexibility index (Phi) is 10.4. The molecule has 0 saturated heterocycles. The van der Waals surface area contributed by atoms with Gasteiger partial charge < -0.3 is 24.3 Å². The van der Waals surface area contributed by atoms with Crippen molar-refractivity contribution in [3.8, 4) is 23.0 Å². The average molecular weight is 544 g/mol. The van der Waals surface area contributed by atoms with Crippen molar-refractivity contribution >= 4 is 40.7 Å². The van der Waals surface area contributed by atoms with Crippen LogP contribution in [0.4, 0.5) is 0 Å². The van der Waals surface area contributed by atoms with Gasteiger partial charge in [0, 0.05) is 19.3 Å². The van der Waals surface area contributed by atoms with Gasteiger partial charge in [-0.1, -0.05) is 12.1 Å². The molecule has 6 nitrogen and oxygen atoms in total. The van der Waals surface area contributed by atoms with Crippen molar-refractivity contribution in [3.63, 3.8) is 0 Å². The highest BCUT2D eigenvalue weighted by Crippen LogP contribution is 2.38. The summed E-state index contributed by atoms with van der Waals surface area (Å²) >= 11 is 3.62. The van der Waals surface area contributed by atoms with Crippen LogP contribution in [0.1, 0.15) is 16.8 Å². The number of aromatic nitrogens is 1. The van der Waals surface area contributed by atoms with Crippen molar-refractivity contribution in [1.29, 1.82) is 0 Å². The second-order valence-electron chi connectivity index (χ2n) is 6.80. The lowest BCUT2D eigenvalue weighted by atomic mass is 10.2. The van der Waals surface area contributed by atoms with E-state index in [9.17, 15) is 0 Å². The molecule has 1 aliphatic heterocycles. The molecule has 0 radical (unpaired) electrons. The van der Waals surface area contributed by atoms with Crippen molar-refractivity contribution < 1.29 is 18.9 Å². The molecule has 2 aromatic carbocycles. The smallest absolute Gasteiger partial charge is 0.175 e. The molecule has 2 heterocycles. The normalized spacial score (nSPS) is 11.7. The van der Waals surface area contributed by atoms with Crippen LogP contribution in [0.2, 0.25) is 0 Å². The van der Waals surface area contributed by atoms with Crippen LogP contribution in [0.15, 0.2) is 59.2 Å². The van der Waals surface area contributed by atoms with Crippen LogP contribution in [-0.2, 0) is 19.7 Å². The van der Waals surface area contributed by atoms with Crippen molar-refractivity contribution in [2.45, 2.75) is 19.7 Å². The van der Waals surface area contributed by atoms with Crippen LogP contribution in [0, 0.1) is 0 Å². The van der Waals surface area contributed by atoms with Crippen LogP contribution in [-0.4, -0.2) is 25.3 Å². The summed E-state index contributed by atoms with van der Waals surface area (Å²) < 4.78 is 23.7. The van der Waals surface area contributed by atoms with E-state index >= 15 is 0 Å². The topological polar surface area (TPSA) is 61.8 Å². The molecule has 4 rings (SSSR count).